The molecule has 0 bridgehead atoms. The molecule has 0 radical (unpaired) electrons. The third-order valence-electron chi connectivity index (χ3n) is 3.31. The van der Waals surface area contributed by atoms with Crippen molar-refractivity contribution in [2.75, 3.05) is 13.1 Å². The Hall–Kier alpha value is -1.53. The summed E-state index contributed by atoms with van der Waals surface area (Å²) in [6.45, 7) is 1.86. The fourth-order valence-corrected chi connectivity index (χ4v) is 2.23. The van der Waals surface area contributed by atoms with Gasteiger partial charge in [-0.25, -0.2) is 8.78 Å². The summed E-state index contributed by atoms with van der Waals surface area (Å²) < 4.78 is 31.1. The molecule has 108 valence electrons. The minimum Gasteiger partial charge on any atom is -0.334 e. The first-order valence-electron chi connectivity index (χ1n) is 6.24. The average Bonchev–Trinajstić information content (AvgIpc) is 2.93. The van der Waals surface area contributed by atoms with Crippen LogP contribution in [0.2, 0.25) is 0 Å². The highest BCUT2D eigenvalue weighted by Crippen LogP contribution is 2.26. The van der Waals surface area contributed by atoms with E-state index in [9.17, 15) is 8.78 Å². The van der Waals surface area contributed by atoms with Crippen LogP contribution in [0.3, 0.4) is 0 Å². The normalized spacial score (nSPS) is 15.9. The second-order valence-electron chi connectivity index (χ2n) is 4.61. The highest BCUT2D eigenvalue weighted by atomic mass is 35.5. The number of nitrogens with zero attached hydrogens (tertiary/aromatic N) is 2. The zero-order valence-electron chi connectivity index (χ0n) is 10.6. The van der Waals surface area contributed by atoms with E-state index >= 15 is 0 Å². The minimum absolute atomic E-state index is 0. The number of benzene rings is 1. The van der Waals surface area contributed by atoms with Crippen LogP contribution in [0.5, 0.6) is 0 Å². The molecule has 1 N–H and O–H groups in total. The molecule has 1 aliphatic heterocycles. The van der Waals surface area contributed by atoms with Gasteiger partial charge in [0, 0.05) is 11.5 Å². The van der Waals surface area contributed by atoms with E-state index in [1.165, 1.54) is 6.07 Å². The van der Waals surface area contributed by atoms with Gasteiger partial charge in [-0.15, -0.1) is 12.4 Å². The van der Waals surface area contributed by atoms with E-state index in [1.54, 1.807) is 0 Å². The first-order chi connectivity index (χ1) is 9.24. The second-order valence-corrected chi connectivity index (χ2v) is 4.61. The van der Waals surface area contributed by atoms with E-state index in [4.69, 9.17) is 4.52 Å². The molecule has 0 unspecified atom stereocenters. The topological polar surface area (TPSA) is 51.0 Å². The van der Waals surface area contributed by atoms with Crippen molar-refractivity contribution in [3.8, 4) is 11.5 Å². The average molecular weight is 302 g/mol. The van der Waals surface area contributed by atoms with Crippen molar-refractivity contribution in [3.63, 3.8) is 0 Å². The lowest BCUT2D eigenvalue weighted by Gasteiger charge is -2.18. The molecule has 20 heavy (non-hydrogen) atoms. The van der Waals surface area contributed by atoms with Crippen LogP contribution in [0.4, 0.5) is 8.78 Å². The zero-order valence-corrected chi connectivity index (χ0v) is 11.4. The SMILES string of the molecule is Cl.Fc1ccc(-c2nc(C3CCNCC3)no2)cc1F. The van der Waals surface area contributed by atoms with E-state index in [0.717, 1.165) is 38.1 Å². The molecule has 3 rings (SSSR count). The zero-order chi connectivity index (χ0) is 13.2. The fraction of sp³-hybridized carbons (Fsp3) is 0.385. The number of rotatable bonds is 2. The molecule has 0 amide bonds. The van der Waals surface area contributed by atoms with Crippen molar-refractivity contribution in [2.24, 2.45) is 0 Å². The summed E-state index contributed by atoms with van der Waals surface area (Å²) in [5, 5.41) is 7.20. The Bertz CT molecular complexity index is 585. The Morgan fingerprint density at radius 1 is 1.15 bits per heavy atom. The highest BCUT2D eigenvalue weighted by molar-refractivity contribution is 5.85. The monoisotopic (exact) mass is 301 g/mol. The largest absolute Gasteiger partial charge is 0.334 e. The molecular formula is C13H14ClF2N3O. The molecule has 2 aromatic rings. The van der Waals surface area contributed by atoms with Crippen molar-refractivity contribution in [3.05, 3.63) is 35.7 Å². The third kappa shape index (κ3) is 2.96. The lowest BCUT2D eigenvalue weighted by molar-refractivity contribution is 0.392. The Balaban J connectivity index is 0.00000147. The lowest BCUT2D eigenvalue weighted by Crippen LogP contribution is -2.27. The van der Waals surface area contributed by atoms with Crippen LogP contribution >= 0.6 is 12.4 Å². The summed E-state index contributed by atoms with van der Waals surface area (Å²) in [6.07, 6.45) is 1.91. The van der Waals surface area contributed by atoms with E-state index < -0.39 is 11.6 Å². The maximum atomic E-state index is 13.2. The summed E-state index contributed by atoms with van der Waals surface area (Å²) in [5.41, 5.74) is 0.395. The van der Waals surface area contributed by atoms with Crippen molar-refractivity contribution < 1.29 is 13.3 Å². The predicted molar refractivity (Wildman–Crippen MR) is 71.7 cm³/mol. The van der Waals surface area contributed by atoms with Crippen molar-refractivity contribution >= 4 is 12.4 Å². The van der Waals surface area contributed by atoms with E-state index in [0.29, 0.717) is 11.4 Å². The number of piperidine rings is 1. The number of nitrogens with one attached hydrogen (secondary N) is 1. The summed E-state index contributed by atoms with van der Waals surface area (Å²) in [5.74, 6) is -0.668. The Kier molecular flexibility index (Phi) is 4.67. The van der Waals surface area contributed by atoms with Crippen LogP contribution in [-0.2, 0) is 0 Å². The number of hydrogen-bond donors (Lipinski definition) is 1. The Morgan fingerprint density at radius 2 is 1.90 bits per heavy atom. The van der Waals surface area contributed by atoms with Gasteiger partial charge < -0.3 is 9.84 Å². The van der Waals surface area contributed by atoms with Gasteiger partial charge in [-0.2, -0.15) is 4.98 Å². The standard InChI is InChI=1S/C13H13F2N3O.ClH/c14-10-2-1-9(7-11(10)15)13-17-12(18-19-13)8-3-5-16-6-4-8;/h1-2,7-8,16H,3-6H2;1H. The van der Waals surface area contributed by atoms with Gasteiger partial charge in [0.25, 0.3) is 5.89 Å². The molecule has 2 heterocycles. The maximum Gasteiger partial charge on any atom is 0.258 e. The molecule has 0 atom stereocenters. The molecule has 4 nitrogen and oxygen atoms in total. The van der Waals surface area contributed by atoms with Gasteiger partial charge in [0.2, 0.25) is 0 Å². The smallest absolute Gasteiger partial charge is 0.258 e. The molecular weight excluding hydrogens is 288 g/mol. The molecule has 1 aromatic carbocycles. The Labute approximate surface area is 121 Å². The van der Waals surface area contributed by atoms with Gasteiger partial charge in [0.1, 0.15) is 0 Å². The van der Waals surface area contributed by atoms with Crippen LogP contribution in [0, 0.1) is 11.6 Å². The summed E-state index contributed by atoms with van der Waals surface area (Å²) in [7, 11) is 0. The van der Waals surface area contributed by atoms with Gasteiger partial charge in [0.15, 0.2) is 17.5 Å². The molecule has 7 heteroatoms. The van der Waals surface area contributed by atoms with Gasteiger partial charge in [-0.05, 0) is 44.1 Å². The quantitative estimate of drug-likeness (QED) is 0.926. The number of hydrogen-bond acceptors (Lipinski definition) is 4. The van der Waals surface area contributed by atoms with Gasteiger partial charge in [-0.1, -0.05) is 5.16 Å². The van der Waals surface area contributed by atoms with Crippen LogP contribution in [0.15, 0.2) is 22.7 Å². The molecule has 0 spiro atoms. The first-order valence-corrected chi connectivity index (χ1v) is 6.24. The van der Waals surface area contributed by atoms with Crippen molar-refractivity contribution in [1.82, 2.24) is 15.5 Å². The summed E-state index contributed by atoms with van der Waals surface area (Å²) in [6, 6.07) is 3.55. The van der Waals surface area contributed by atoms with Gasteiger partial charge in [0.05, 0.1) is 0 Å². The molecule has 1 aromatic heterocycles. The third-order valence-corrected chi connectivity index (χ3v) is 3.31. The molecule has 0 aliphatic carbocycles. The van der Waals surface area contributed by atoms with Gasteiger partial charge >= 0.3 is 0 Å². The molecule has 1 aliphatic rings. The maximum absolute atomic E-state index is 13.2. The van der Waals surface area contributed by atoms with Gasteiger partial charge in [-0.3, -0.25) is 0 Å². The number of halogens is 3. The van der Waals surface area contributed by atoms with Crippen LogP contribution < -0.4 is 5.32 Å². The fourth-order valence-electron chi connectivity index (χ4n) is 2.23. The van der Waals surface area contributed by atoms with Crippen molar-refractivity contribution in [2.45, 2.75) is 18.8 Å². The second kappa shape index (κ2) is 6.28. The first kappa shape index (κ1) is 14.9. The summed E-state index contributed by atoms with van der Waals surface area (Å²) in [4.78, 5) is 4.28. The van der Waals surface area contributed by atoms with E-state index in [-0.39, 0.29) is 24.2 Å². The summed E-state index contributed by atoms with van der Waals surface area (Å²) >= 11 is 0. The van der Waals surface area contributed by atoms with Crippen LogP contribution in [-0.4, -0.2) is 23.2 Å². The molecule has 1 saturated heterocycles. The molecule has 0 saturated carbocycles. The predicted octanol–water partition coefficient (Wildman–Crippen LogP) is 2.90. The van der Waals surface area contributed by atoms with Crippen LogP contribution in [0.25, 0.3) is 11.5 Å². The minimum atomic E-state index is -0.917. The number of aromatic nitrogens is 2. The Morgan fingerprint density at radius 3 is 2.60 bits per heavy atom. The van der Waals surface area contributed by atoms with Crippen LogP contribution in [0.1, 0.15) is 24.6 Å². The van der Waals surface area contributed by atoms with E-state index in [2.05, 4.69) is 15.5 Å². The molecule has 1 fully saturated rings. The van der Waals surface area contributed by atoms with Crippen molar-refractivity contribution in [1.29, 1.82) is 0 Å². The van der Waals surface area contributed by atoms with E-state index in [1.807, 2.05) is 0 Å². The highest BCUT2D eigenvalue weighted by Gasteiger charge is 2.21. The lowest BCUT2D eigenvalue weighted by atomic mass is 9.98.